The zero-order chi connectivity index (χ0) is 13.1. The first kappa shape index (κ1) is 13.5. The SMILES string of the molecule is CC(C)(C)CC(C)(C)Nc1cccnc1C#N. The molecule has 0 aromatic carbocycles. The maximum absolute atomic E-state index is 9.00. The van der Waals surface area contributed by atoms with E-state index in [2.05, 4.69) is 51.0 Å². The summed E-state index contributed by atoms with van der Waals surface area (Å²) in [4.78, 5) is 4.05. The second-order valence-corrected chi connectivity index (χ2v) is 6.26. The normalized spacial score (nSPS) is 12.0. The fourth-order valence-corrected chi connectivity index (χ4v) is 2.33. The maximum atomic E-state index is 9.00. The third-order valence-electron chi connectivity index (χ3n) is 2.36. The Labute approximate surface area is 104 Å². The second-order valence-electron chi connectivity index (χ2n) is 6.26. The van der Waals surface area contributed by atoms with Crippen LogP contribution in [0.25, 0.3) is 0 Å². The number of nitrogens with zero attached hydrogens (tertiary/aromatic N) is 2. The Balaban J connectivity index is 2.87. The molecule has 0 saturated heterocycles. The minimum Gasteiger partial charge on any atom is -0.378 e. The molecule has 3 heteroatoms. The predicted molar refractivity (Wildman–Crippen MR) is 70.7 cm³/mol. The van der Waals surface area contributed by atoms with Crippen LogP contribution in [0.5, 0.6) is 0 Å². The molecule has 1 N–H and O–H groups in total. The molecule has 0 amide bonds. The molecule has 0 saturated carbocycles. The van der Waals surface area contributed by atoms with Gasteiger partial charge in [-0.05, 0) is 37.8 Å². The van der Waals surface area contributed by atoms with Crippen LogP contribution in [0.4, 0.5) is 5.69 Å². The summed E-state index contributed by atoms with van der Waals surface area (Å²) in [6.45, 7) is 10.9. The van der Waals surface area contributed by atoms with Gasteiger partial charge in [-0.2, -0.15) is 5.26 Å². The van der Waals surface area contributed by atoms with Gasteiger partial charge >= 0.3 is 0 Å². The van der Waals surface area contributed by atoms with Gasteiger partial charge in [0.25, 0.3) is 0 Å². The molecule has 0 atom stereocenters. The first-order chi connectivity index (χ1) is 7.73. The zero-order valence-electron chi connectivity index (χ0n) is 11.3. The minimum atomic E-state index is -0.0626. The van der Waals surface area contributed by atoms with Crippen molar-refractivity contribution >= 4 is 5.69 Å². The maximum Gasteiger partial charge on any atom is 0.163 e. The molecule has 3 nitrogen and oxygen atoms in total. The molecule has 0 fully saturated rings. The molecule has 1 rings (SSSR count). The average molecular weight is 231 g/mol. The van der Waals surface area contributed by atoms with E-state index in [1.807, 2.05) is 12.1 Å². The molecule has 17 heavy (non-hydrogen) atoms. The molecule has 0 aliphatic rings. The lowest BCUT2D eigenvalue weighted by molar-refractivity contribution is 0.302. The summed E-state index contributed by atoms with van der Waals surface area (Å²) in [6.07, 6.45) is 2.65. The number of nitriles is 1. The van der Waals surface area contributed by atoms with Gasteiger partial charge in [0.15, 0.2) is 5.69 Å². The van der Waals surface area contributed by atoms with Gasteiger partial charge in [0.1, 0.15) is 6.07 Å². The van der Waals surface area contributed by atoms with Crippen molar-refractivity contribution < 1.29 is 0 Å². The molecular weight excluding hydrogens is 210 g/mol. The van der Waals surface area contributed by atoms with Crippen LogP contribution in [0.15, 0.2) is 18.3 Å². The van der Waals surface area contributed by atoms with E-state index in [0.29, 0.717) is 5.69 Å². The van der Waals surface area contributed by atoms with Gasteiger partial charge < -0.3 is 5.32 Å². The predicted octanol–water partition coefficient (Wildman–Crippen LogP) is 3.58. The van der Waals surface area contributed by atoms with Crippen LogP contribution in [0.3, 0.4) is 0 Å². The van der Waals surface area contributed by atoms with Crippen molar-refractivity contribution in [3.05, 3.63) is 24.0 Å². The Morgan fingerprint density at radius 2 is 1.94 bits per heavy atom. The van der Waals surface area contributed by atoms with Gasteiger partial charge in [-0.3, -0.25) is 0 Å². The smallest absolute Gasteiger partial charge is 0.163 e. The van der Waals surface area contributed by atoms with Crippen molar-refractivity contribution in [3.8, 4) is 6.07 Å². The van der Waals surface area contributed by atoms with Gasteiger partial charge in [-0.25, -0.2) is 4.98 Å². The summed E-state index contributed by atoms with van der Waals surface area (Å²) in [5.74, 6) is 0. The van der Waals surface area contributed by atoms with E-state index >= 15 is 0 Å². The van der Waals surface area contributed by atoms with Crippen LogP contribution in [0.2, 0.25) is 0 Å². The third-order valence-corrected chi connectivity index (χ3v) is 2.36. The summed E-state index contributed by atoms with van der Waals surface area (Å²) in [6, 6.07) is 5.85. The Morgan fingerprint density at radius 3 is 2.47 bits per heavy atom. The quantitative estimate of drug-likeness (QED) is 0.865. The van der Waals surface area contributed by atoms with E-state index in [4.69, 9.17) is 5.26 Å². The highest BCUT2D eigenvalue weighted by Crippen LogP contribution is 2.30. The Kier molecular flexibility index (Phi) is 3.77. The van der Waals surface area contributed by atoms with E-state index < -0.39 is 0 Å². The molecule has 92 valence electrons. The van der Waals surface area contributed by atoms with E-state index in [9.17, 15) is 0 Å². The van der Waals surface area contributed by atoms with Gasteiger partial charge in [-0.15, -0.1) is 0 Å². The van der Waals surface area contributed by atoms with Gasteiger partial charge in [0.05, 0.1) is 5.69 Å². The molecule has 0 bridgehead atoms. The Hall–Kier alpha value is -1.56. The fraction of sp³-hybridized carbons (Fsp3) is 0.571. The monoisotopic (exact) mass is 231 g/mol. The fourth-order valence-electron chi connectivity index (χ4n) is 2.33. The first-order valence-electron chi connectivity index (χ1n) is 5.87. The number of aromatic nitrogens is 1. The summed E-state index contributed by atoms with van der Waals surface area (Å²) in [5.41, 5.74) is 1.44. The summed E-state index contributed by atoms with van der Waals surface area (Å²) >= 11 is 0. The summed E-state index contributed by atoms with van der Waals surface area (Å²) in [5, 5.41) is 12.4. The Morgan fingerprint density at radius 1 is 1.29 bits per heavy atom. The first-order valence-corrected chi connectivity index (χ1v) is 5.87. The molecular formula is C14H21N3. The lowest BCUT2D eigenvalue weighted by Crippen LogP contribution is -2.35. The minimum absolute atomic E-state index is 0.0626. The highest BCUT2D eigenvalue weighted by Gasteiger charge is 2.25. The lowest BCUT2D eigenvalue weighted by Gasteiger charge is -2.34. The van der Waals surface area contributed by atoms with Crippen molar-refractivity contribution in [2.75, 3.05) is 5.32 Å². The molecule has 1 aromatic rings. The van der Waals surface area contributed by atoms with E-state index in [1.165, 1.54) is 0 Å². The van der Waals surface area contributed by atoms with E-state index in [0.717, 1.165) is 12.1 Å². The largest absolute Gasteiger partial charge is 0.378 e. The van der Waals surface area contributed by atoms with Crippen LogP contribution in [0.1, 0.15) is 46.7 Å². The summed E-state index contributed by atoms with van der Waals surface area (Å²) in [7, 11) is 0. The lowest BCUT2D eigenvalue weighted by atomic mass is 9.81. The molecule has 0 aliphatic heterocycles. The molecule has 0 aliphatic carbocycles. The molecule has 1 heterocycles. The van der Waals surface area contributed by atoms with Gasteiger partial charge in [0, 0.05) is 11.7 Å². The van der Waals surface area contributed by atoms with Crippen LogP contribution in [-0.2, 0) is 0 Å². The number of pyridine rings is 1. The molecule has 0 unspecified atom stereocenters. The number of anilines is 1. The van der Waals surface area contributed by atoms with Crippen LogP contribution < -0.4 is 5.32 Å². The van der Waals surface area contributed by atoms with Crippen molar-refractivity contribution in [1.29, 1.82) is 5.26 Å². The van der Waals surface area contributed by atoms with Crippen molar-refractivity contribution in [2.24, 2.45) is 5.41 Å². The van der Waals surface area contributed by atoms with Crippen LogP contribution >= 0.6 is 0 Å². The van der Waals surface area contributed by atoms with Crippen LogP contribution in [-0.4, -0.2) is 10.5 Å². The Bertz CT molecular complexity index is 422. The van der Waals surface area contributed by atoms with Crippen LogP contribution in [0, 0.1) is 16.7 Å². The molecule has 1 aromatic heterocycles. The number of hydrogen-bond donors (Lipinski definition) is 1. The van der Waals surface area contributed by atoms with Crippen molar-refractivity contribution in [2.45, 2.75) is 46.6 Å². The topological polar surface area (TPSA) is 48.7 Å². The van der Waals surface area contributed by atoms with Crippen molar-refractivity contribution in [3.63, 3.8) is 0 Å². The number of rotatable bonds is 3. The average Bonchev–Trinajstić information content (AvgIpc) is 2.14. The number of nitrogens with one attached hydrogen (secondary N) is 1. The van der Waals surface area contributed by atoms with E-state index in [1.54, 1.807) is 6.20 Å². The zero-order valence-corrected chi connectivity index (χ0v) is 11.3. The highest BCUT2D eigenvalue weighted by molar-refractivity contribution is 5.54. The second kappa shape index (κ2) is 4.75. The third kappa shape index (κ3) is 4.44. The molecule has 0 radical (unpaired) electrons. The number of hydrogen-bond acceptors (Lipinski definition) is 3. The highest BCUT2D eigenvalue weighted by atomic mass is 15.0. The molecule has 0 spiro atoms. The van der Waals surface area contributed by atoms with Crippen molar-refractivity contribution in [1.82, 2.24) is 4.98 Å². The van der Waals surface area contributed by atoms with Gasteiger partial charge in [-0.1, -0.05) is 20.8 Å². The standard InChI is InChI=1S/C14H21N3/c1-13(2,3)10-14(4,5)17-11-7-6-8-16-12(11)9-15/h6-8,17H,10H2,1-5H3. The summed E-state index contributed by atoms with van der Waals surface area (Å²) < 4.78 is 0. The van der Waals surface area contributed by atoms with Gasteiger partial charge in [0.2, 0.25) is 0 Å². The van der Waals surface area contributed by atoms with E-state index in [-0.39, 0.29) is 11.0 Å².